The fourth-order valence-corrected chi connectivity index (χ4v) is 3.00. The molecule has 92 valence electrons. The lowest BCUT2D eigenvalue weighted by Crippen LogP contribution is -2.14. The fourth-order valence-electron chi connectivity index (χ4n) is 1.24. The number of nitrogens with one attached hydrogen (secondary N) is 1. The summed E-state index contributed by atoms with van der Waals surface area (Å²) in [5.74, 6) is -0.196. The van der Waals surface area contributed by atoms with Crippen LogP contribution in [0.15, 0.2) is 24.3 Å². The van der Waals surface area contributed by atoms with Crippen molar-refractivity contribution < 1.29 is 8.42 Å². The summed E-state index contributed by atoms with van der Waals surface area (Å²) in [5, 5.41) is 15.5. The summed E-state index contributed by atoms with van der Waals surface area (Å²) in [6, 6.07) is 8.28. The van der Waals surface area contributed by atoms with Crippen LogP contribution in [0, 0.1) is 11.3 Å². The van der Waals surface area contributed by atoms with Crippen molar-refractivity contribution in [3.63, 3.8) is 0 Å². The summed E-state index contributed by atoms with van der Waals surface area (Å²) in [4.78, 5) is 0. The molecule has 0 unspecified atom stereocenters. The molecule has 0 amide bonds. The van der Waals surface area contributed by atoms with Crippen LogP contribution in [0.25, 0.3) is 0 Å². The van der Waals surface area contributed by atoms with Gasteiger partial charge in [-0.3, -0.25) is 4.72 Å². The maximum absolute atomic E-state index is 11.8. The zero-order valence-corrected chi connectivity index (χ0v) is 10.6. The Bertz CT molecular complexity index is 658. The molecule has 0 bridgehead atoms. The molecule has 7 nitrogen and oxygen atoms in total. The second-order valence-electron chi connectivity index (χ2n) is 3.34. The Labute approximate surface area is 107 Å². The standard InChI is InChI=1S/C9H7N5O2S2/c10-5-7-1-3-8(4-2-7)6-18(15,16)12-9-11-13-14-17-9/h1-4H,6H2,(H,11,12,14). The minimum Gasteiger partial charge on any atom is -0.256 e. The van der Waals surface area contributed by atoms with E-state index in [0.29, 0.717) is 11.1 Å². The van der Waals surface area contributed by atoms with Crippen molar-refractivity contribution in [2.45, 2.75) is 5.75 Å². The summed E-state index contributed by atoms with van der Waals surface area (Å²) in [6.07, 6.45) is 0. The molecule has 18 heavy (non-hydrogen) atoms. The Kier molecular flexibility index (Phi) is 3.50. The molecule has 1 aromatic heterocycles. The molecule has 1 heterocycles. The van der Waals surface area contributed by atoms with Gasteiger partial charge in [0, 0.05) is 11.5 Å². The van der Waals surface area contributed by atoms with E-state index in [1.54, 1.807) is 24.3 Å². The summed E-state index contributed by atoms with van der Waals surface area (Å²) in [7, 11) is -3.54. The van der Waals surface area contributed by atoms with Crippen LogP contribution >= 0.6 is 11.5 Å². The molecule has 0 atom stereocenters. The zero-order valence-electron chi connectivity index (χ0n) is 8.94. The Morgan fingerprint density at radius 3 is 2.61 bits per heavy atom. The van der Waals surface area contributed by atoms with Crippen LogP contribution in [0.4, 0.5) is 5.13 Å². The van der Waals surface area contributed by atoms with Gasteiger partial charge in [0.05, 0.1) is 17.4 Å². The Balaban J connectivity index is 2.10. The highest BCUT2D eigenvalue weighted by Crippen LogP contribution is 2.12. The first kappa shape index (κ1) is 12.4. The molecule has 0 saturated heterocycles. The number of aromatic nitrogens is 3. The Morgan fingerprint density at radius 1 is 1.33 bits per heavy atom. The van der Waals surface area contributed by atoms with E-state index in [-0.39, 0.29) is 10.9 Å². The van der Waals surface area contributed by atoms with Crippen LogP contribution in [0.1, 0.15) is 11.1 Å². The van der Waals surface area contributed by atoms with Crippen molar-refractivity contribution in [1.82, 2.24) is 14.8 Å². The summed E-state index contributed by atoms with van der Waals surface area (Å²) >= 11 is 0.861. The van der Waals surface area contributed by atoms with Crippen molar-refractivity contribution in [1.29, 1.82) is 5.26 Å². The predicted molar refractivity (Wildman–Crippen MR) is 65.1 cm³/mol. The number of anilines is 1. The van der Waals surface area contributed by atoms with Crippen LogP contribution in [0.3, 0.4) is 0 Å². The average Bonchev–Trinajstić information content (AvgIpc) is 2.81. The van der Waals surface area contributed by atoms with E-state index in [4.69, 9.17) is 5.26 Å². The number of nitrogens with zero attached hydrogens (tertiary/aromatic N) is 4. The van der Waals surface area contributed by atoms with Gasteiger partial charge in [0.15, 0.2) is 0 Å². The molecule has 9 heteroatoms. The number of hydrogen-bond acceptors (Lipinski definition) is 7. The molecule has 0 aliphatic rings. The van der Waals surface area contributed by atoms with Gasteiger partial charge in [-0.2, -0.15) is 5.26 Å². The first-order valence-electron chi connectivity index (χ1n) is 4.73. The van der Waals surface area contributed by atoms with Gasteiger partial charge in [0.1, 0.15) is 0 Å². The molecular formula is C9H7N5O2S2. The SMILES string of the molecule is N#Cc1ccc(CS(=O)(=O)Nc2nnns2)cc1. The van der Waals surface area contributed by atoms with E-state index in [0.717, 1.165) is 11.5 Å². The van der Waals surface area contributed by atoms with Gasteiger partial charge in [0.2, 0.25) is 15.2 Å². The Hall–Kier alpha value is -2.05. The van der Waals surface area contributed by atoms with Gasteiger partial charge in [-0.15, -0.1) is 0 Å². The highest BCUT2D eigenvalue weighted by atomic mass is 32.2. The van der Waals surface area contributed by atoms with Gasteiger partial charge in [0.25, 0.3) is 0 Å². The van der Waals surface area contributed by atoms with Crippen LogP contribution in [-0.2, 0) is 15.8 Å². The highest BCUT2D eigenvalue weighted by molar-refractivity contribution is 7.92. The lowest BCUT2D eigenvalue weighted by Gasteiger charge is -2.04. The third kappa shape index (κ3) is 3.22. The Morgan fingerprint density at radius 2 is 2.06 bits per heavy atom. The molecule has 0 saturated carbocycles. The monoisotopic (exact) mass is 281 g/mol. The second-order valence-corrected chi connectivity index (χ2v) is 5.79. The minimum atomic E-state index is -3.54. The van der Waals surface area contributed by atoms with Crippen LogP contribution < -0.4 is 4.72 Å². The van der Waals surface area contributed by atoms with E-state index in [1.807, 2.05) is 6.07 Å². The van der Waals surface area contributed by atoms with E-state index < -0.39 is 10.0 Å². The number of nitriles is 1. The number of benzene rings is 1. The second kappa shape index (κ2) is 5.07. The fraction of sp³-hybridized carbons (Fsp3) is 0.111. The smallest absolute Gasteiger partial charge is 0.238 e. The number of rotatable bonds is 4. The van der Waals surface area contributed by atoms with Crippen molar-refractivity contribution >= 4 is 26.7 Å². The van der Waals surface area contributed by atoms with Gasteiger partial charge >= 0.3 is 0 Å². The molecule has 2 aromatic rings. The molecule has 0 fully saturated rings. The van der Waals surface area contributed by atoms with Gasteiger partial charge in [-0.1, -0.05) is 21.7 Å². The van der Waals surface area contributed by atoms with Crippen LogP contribution in [-0.4, -0.2) is 23.2 Å². The van der Waals surface area contributed by atoms with Crippen molar-refractivity contribution in [3.8, 4) is 6.07 Å². The van der Waals surface area contributed by atoms with Crippen LogP contribution in [0.2, 0.25) is 0 Å². The molecule has 1 N–H and O–H groups in total. The van der Waals surface area contributed by atoms with E-state index in [1.165, 1.54) is 0 Å². The molecular weight excluding hydrogens is 274 g/mol. The van der Waals surface area contributed by atoms with Crippen LogP contribution in [0.5, 0.6) is 0 Å². The molecule has 1 aromatic carbocycles. The topological polar surface area (TPSA) is 109 Å². The van der Waals surface area contributed by atoms with Gasteiger partial charge < -0.3 is 0 Å². The first-order valence-corrected chi connectivity index (χ1v) is 7.16. The molecule has 0 aliphatic carbocycles. The summed E-state index contributed by atoms with van der Waals surface area (Å²) < 4.78 is 29.2. The van der Waals surface area contributed by atoms with Crippen molar-refractivity contribution in [3.05, 3.63) is 35.4 Å². The summed E-state index contributed by atoms with van der Waals surface area (Å²) in [5.41, 5.74) is 1.07. The lowest BCUT2D eigenvalue weighted by molar-refractivity contribution is 0.600. The lowest BCUT2D eigenvalue weighted by atomic mass is 10.2. The van der Waals surface area contributed by atoms with E-state index in [2.05, 4.69) is 19.5 Å². The molecule has 0 spiro atoms. The largest absolute Gasteiger partial charge is 0.256 e. The maximum atomic E-state index is 11.8. The number of sulfonamides is 1. The minimum absolute atomic E-state index is 0.128. The van der Waals surface area contributed by atoms with Gasteiger partial charge in [-0.25, -0.2) is 8.42 Å². The quantitative estimate of drug-likeness (QED) is 0.885. The zero-order chi connectivity index (χ0) is 13.0. The third-order valence-corrected chi connectivity index (χ3v) is 3.84. The third-order valence-electron chi connectivity index (χ3n) is 1.98. The maximum Gasteiger partial charge on any atom is 0.238 e. The van der Waals surface area contributed by atoms with Gasteiger partial charge in [-0.05, 0) is 22.9 Å². The normalized spacial score (nSPS) is 10.8. The van der Waals surface area contributed by atoms with Crippen molar-refractivity contribution in [2.75, 3.05) is 4.72 Å². The van der Waals surface area contributed by atoms with E-state index >= 15 is 0 Å². The predicted octanol–water partition coefficient (Wildman–Crippen LogP) is 0.747. The molecule has 0 aliphatic heterocycles. The first-order chi connectivity index (χ1) is 8.59. The molecule has 0 radical (unpaired) electrons. The summed E-state index contributed by atoms with van der Waals surface area (Å²) in [6.45, 7) is 0. The molecule has 2 rings (SSSR count). The van der Waals surface area contributed by atoms with E-state index in [9.17, 15) is 8.42 Å². The average molecular weight is 281 g/mol. The number of hydrogen-bond donors (Lipinski definition) is 1. The highest BCUT2D eigenvalue weighted by Gasteiger charge is 2.13. The van der Waals surface area contributed by atoms with Crippen molar-refractivity contribution in [2.24, 2.45) is 0 Å².